The lowest BCUT2D eigenvalue weighted by Crippen LogP contribution is -2.39. The molecule has 2 heterocycles. The van der Waals surface area contributed by atoms with Gasteiger partial charge >= 0.3 is 0 Å². The first kappa shape index (κ1) is 21.7. The Labute approximate surface area is 152 Å². The van der Waals surface area contributed by atoms with Gasteiger partial charge in [0.1, 0.15) is 16.4 Å². The second-order valence-electron chi connectivity index (χ2n) is 5.66. The van der Waals surface area contributed by atoms with E-state index in [9.17, 15) is 4.79 Å². The summed E-state index contributed by atoms with van der Waals surface area (Å²) in [6.07, 6.45) is 4.84. The van der Waals surface area contributed by atoms with Gasteiger partial charge in [-0.25, -0.2) is 4.98 Å². The molecule has 0 bridgehead atoms. The van der Waals surface area contributed by atoms with E-state index in [-0.39, 0.29) is 36.1 Å². The topological polar surface area (TPSA) is 85.0 Å². The third-order valence-corrected chi connectivity index (χ3v) is 3.93. The highest BCUT2D eigenvalue weighted by Gasteiger charge is 2.23. The maximum atomic E-state index is 12.4. The van der Waals surface area contributed by atoms with E-state index < -0.39 is 0 Å². The average Bonchev–Trinajstić information content (AvgIpc) is 2.96. The van der Waals surface area contributed by atoms with Gasteiger partial charge in [0.15, 0.2) is 0 Å². The van der Waals surface area contributed by atoms with Gasteiger partial charge in [-0.3, -0.25) is 14.8 Å². The van der Waals surface area contributed by atoms with Crippen molar-refractivity contribution in [3.05, 3.63) is 29.7 Å². The van der Waals surface area contributed by atoms with Crippen LogP contribution in [0.25, 0.3) is 10.7 Å². The van der Waals surface area contributed by atoms with Crippen LogP contribution in [0.5, 0.6) is 0 Å². The molecular formula is C14H21Cl2N5OS. The molecule has 9 heteroatoms. The molecule has 128 valence electrons. The van der Waals surface area contributed by atoms with Crippen LogP contribution in [0.3, 0.4) is 0 Å². The molecule has 2 aromatic rings. The molecule has 2 N–H and O–H groups in total. The summed E-state index contributed by atoms with van der Waals surface area (Å²) >= 11 is 1.39. The van der Waals surface area contributed by atoms with Crippen molar-refractivity contribution in [2.75, 3.05) is 20.1 Å². The maximum Gasteiger partial charge on any atom is 0.273 e. The molecule has 0 saturated carbocycles. The van der Waals surface area contributed by atoms with Gasteiger partial charge in [-0.2, -0.15) is 0 Å². The molecule has 23 heavy (non-hydrogen) atoms. The maximum absolute atomic E-state index is 12.4. The average molecular weight is 378 g/mol. The van der Waals surface area contributed by atoms with Crippen molar-refractivity contribution in [1.82, 2.24) is 19.9 Å². The first-order chi connectivity index (χ1) is 9.93. The molecule has 0 atom stereocenters. The SMILES string of the molecule is CN(CC(C)(C)CN)C(=O)c1csc(-c2cnccn2)n1.Cl.Cl. The zero-order chi connectivity index (χ0) is 15.5. The molecule has 0 spiro atoms. The number of amides is 1. The van der Waals surface area contributed by atoms with E-state index >= 15 is 0 Å². The van der Waals surface area contributed by atoms with Crippen molar-refractivity contribution in [1.29, 1.82) is 0 Å². The van der Waals surface area contributed by atoms with E-state index in [0.29, 0.717) is 29.5 Å². The van der Waals surface area contributed by atoms with Gasteiger partial charge in [0.2, 0.25) is 0 Å². The monoisotopic (exact) mass is 377 g/mol. The van der Waals surface area contributed by atoms with Gasteiger partial charge in [-0.05, 0) is 12.0 Å². The molecular weight excluding hydrogens is 357 g/mol. The quantitative estimate of drug-likeness (QED) is 0.864. The fourth-order valence-electron chi connectivity index (χ4n) is 1.87. The molecule has 0 saturated heterocycles. The molecule has 0 aliphatic heterocycles. The molecule has 2 rings (SSSR count). The second kappa shape index (κ2) is 9.12. The second-order valence-corrected chi connectivity index (χ2v) is 6.52. The summed E-state index contributed by atoms with van der Waals surface area (Å²) < 4.78 is 0. The van der Waals surface area contributed by atoms with E-state index in [1.807, 2.05) is 13.8 Å². The molecule has 0 radical (unpaired) electrons. The van der Waals surface area contributed by atoms with Crippen LogP contribution in [0.1, 0.15) is 24.3 Å². The van der Waals surface area contributed by atoms with Gasteiger partial charge in [0.25, 0.3) is 5.91 Å². The molecule has 6 nitrogen and oxygen atoms in total. The Morgan fingerprint density at radius 1 is 1.35 bits per heavy atom. The highest BCUT2D eigenvalue weighted by atomic mass is 35.5. The van der Waals surface area contributed by atoms with Crippen molar-refractivity contribution in [2.45, 2.75) is 13.8 Å². The lowest BCUT2D eigenvalue weighted by atomic mass is 9.93. The van der Waals surface area contributed by atoms with Crippen LogP contribution in [0.15, 0.2) is 24.0 Å². The number of nitrogens with two attached hydrogens (primary N) is 1. The third-order valence-electron chi connectivity index (χ3n) is 3.07. The summed E-state index contributed by atoms with van der Waals surface area (Å²) in [5.74, 6) is -0.108. The number of carbonyl (C=O) groups excluding carboxylic acids is 1. The van der Waals surface area contributed by atoms with Crippen molar-refractivity contribution in [3.8, 4) is 10.7 Å². The first-order valence-corrected chi connectivity index (χ1v) is 7.48. The Hall–Kier alpha value is -1.28. The Bertz CT molecular complexity index is 621. The summed E-state index contributed by atoms with van der Waals surface area (Å²) in [5, 5.41) is 2.44. The molecule has 0 fully saturated rings. The van der Waals surface area contributed by atoms with Crippen molar-refractivity contribution >= 4 is 42.1 Å². The van der Waals surface area contributed by atoms with Crippen LogP contribution >= 0.6 is 36.2 Å². The largest absolute Gasteiger partial charge is 0.340 e. The van der Waals surface area contributed by atoms with E-state index in [2.05, 4.69) is 15.0 Å². The fraction of sp³-hybridized carbons (Fsp3) is 0.429. The summed E-state index contributed by atoms with van der Waals surface area (Å²) in [6, 6.07) is 0. The zero-order valence-corrected chi connectivity index (χ0v) is 15.7. The molecule has 0 unspecified atom stereocenters. The van der Waals surface area contributed by atoms with Crippen LogP contribution in [0.4, 0.5) is 0 Å². The highest BCUT2D eigenvalue weighted by molar-refractivity contribution is 7.13. The number of nitrogens with zero attached hydrogens (tertiary/aromatic N) is 4. The normalized spacial score (nSPS) is 10.4. The van der Waals surface area contributed by atoms with Crippen LogP contribution in [-0.2, 0) is 0 Å². The summed E-state index contributed by atoms with van der Waals surface area (Å²) in [7, 11) is 1.76. The summed E-state index contributed by atoms with van der Waals surface area (Å²) in [6.45, 7) is 5.17. The minimum Gasteiger partial charge on any atom is -0.340 e. The smallest absolute Gasteiger partial charge is 0.273 e. The standard InChI is InChI=1S/C14H19N5OS.2ClH/c1-14(2,8-15)9-19(3)13(20)11-7-21-12(18-11)10-6-16-4-5-17-10;;/h4-7H,8-9,15H2,1-3H3;2*1H. The third kappa shape index (κ3) is 5.69. The zero-order valence-electron chi connectivity index (χ0n) is 13.2. The number of halogens is 2. The molecule has 0 aromatic carbocycles. The van der Waals surface area contributed by atoms with E-state index in [0.717, 1.165) is 0 Å². The van der Waals surface area contributed by atoms with Gasteiger partial charge < -0.3 is 10.6 Å². The Kier molecular flexibility index (Phi) is 8.61. The fourth-order valence-corrected chi connectivity index (χ4v) is 2.63. The van der Waals surface area contributed by atoms with E-state index in [1.54, 1.807) is 35.9 Å². The Morgan fingerprint density at radius 2 is 2.04 bits per heavy atom. The lowest BCUT2D eigenvalue weighted by Gasteiger charge is -2.28. The molecule has 0 aliphatic carbocycles. The first-order valence-electron chi connectivity index (χ1n) is 6.60. The summed E-state index contributed by atoms with van der Waals surface area (Å²) in [4.78, 5) is 26.6. The van der Waals surface area contributed by atoms with Crippen LogP contribution < -0.4 is 5.73 Å². The molecule has 0 aliphatic rings. The molecule has 1 amide bonds. The minimum absolute atomic E-state index is 0. The Balaban J connectivity index is 0.00000242. The predicted octanol–water partition coefficient (Wildman–Crippen LogP) is 2.50. The Morgan fingerprint density at radius 3 is 2.61 bits per heavy atom. The van der Waals surface area contributed by atoms with Crippen LogP contribution in [-0.4, -0.2) is 45.9 Å². The van der Waals surface area contributed by atoms with Gasteiger partial charge in [-0.1, -0.05) is 13.8 Å². The lowest BCUT2D eigenvalue weighted by molar-refractivity contribution is 0.0735. The van der Waals surface area contributed by atoms with Crippen LogP contribution in [0.2, 0.25) is 0 Å². The van der Waals surface area contributed by atoms with Crippen molar-refractivity contribution in [2.24, 2.45) is 11.1 Å². The minimum atomic E-state index is -0.117. The van der Waals surface area contributed by atoms with Crippen molar-refractivity contribution in [3.63, 3.8) is 0 Å². The van der Waals surface area contributed by atoms with E-state index in [4.69, 9.17) is 5.73 Å². The number of aromatic nitrogens is 3. The number of rotatable bonds is 5. The number of hydrogen-bond donors (Lipinski definition) is 1. The van der Waals surface area contributed by atoms with Gasteiger partial charge in [0.05, 0.1) is 6.20 Å². The predicted molar refractivity (Wildman–Crippen MR) is 97.4 cm³/mol. The van der Waals surface area contributed by atoms with Gasteiger partial charge in [0, 0.05) is 31.4 Å². The van der Waals surface area contributed by atoms with E-state index in [1.165, 1.54) is 11.3 Å². The number of carbonyl (C=O) groups is 1. The van der Waals surface area contributed by atoms with Gasteiger partial charge in [-0.15, -0.1) is 36.2 Å². The number of hydrogen-bond acceptors (Lipinski definition) is 6. The van der Waals surface area contributed by atoms with Crippen LogP contribution in [0, 0.1) is 5.41 Å². The highest BCUT2D eigenvalue weighted by Crippen LogP contribution is 2.22. The molecule has 2 aromatic heterocycles. The summed E-state index contributed by atoms with van der Waals surface area (Å²) in [5.41, 5.74) is 6.69. The van der Waals surface area contributed by atoms with Crippen molar-refractivity contribution < 1.29 is 4.79 Å². The number of thiazole rings is 1.